The van der Waals surface area contributed by atoms with Crippen LogP contribution in [-0.4, -0.2) is 71.9 Å². The number of sulfonamides is 1. The molecule has 1 aliphatic rings. The fraction of sp³-hybridized carbons (Fsp3) is 0.571. The molecule has 0 aliphatic carbocycles. The highest BCUT2D eigenvalue weighted by Crippen LogP contribution is 2.32. The summed E-state index contributed by atoms with van der Waals surface area (Å²) in [5, 5.41) is 12.8. The van der Waals surface area contributed by atoms with E-state index in [2.05, 4.69) is 30.0 Å². The number of nitrogens with one attached hydrogen (secondary N) is 2. The predicted octanol–water partition coefficient (Wildman–Crippen LogP) is 1.16. The predicted molar refractivity (Wildman–Crippen MR) is 128 cm³/mol. The Hall–Kier alpha value is -3.06. The normalized spacial score (nSPS) is 15.5. The lowest BCUT2D eigenvalue weighted by molar-refractivity contribution is -0.121. The lowest BCUT2D eigenvalue weighted by atomic mass is 9.99. The van der Waals surface area contributed by atoms with Gasteiger partial charge in [0, 0.05) is 19.7 Å². The first kappa shape index (κ1) is 25.6. The first-order valence-electron chi connectivity index (χ1n) is 10.9. The van der Waals surface area contributed by atoms with Crippen LogP contribution in [0.4, 0.5) is 17.7 Å². The Balaban J connectivity index is 1.86. The molecule has 0 aromatic carbocycles. The number of amides is 1. The van der Waals surface area contributed by atoms with Gasteiger partial charge in [0.1, 0.15) is 5.82 Å². The average Bonchev–Trinajstić information content (AvgIpc) is 2.74. The number of carbonyl (C=O) groups is 1. The van der Waals surface area contributed by atoms with Crippen molar-refractivity contribution in [1.29, 1.82) is 0 Å². The van der Waals surface area contributed by atoms with E-state index in [9.17, 15) is 18.3 Å². The molecule has 1 amide bonds. The average molecular weight is 494 g/mol. The van der Waals surface area contributed by atoms with Gasteiger partial charge in [-0.3, -0.25) is 14.4 Å². The Kier molecular flexibility index (Phi) is 7.87. The monoisotopic (exact) mass is 493 g/mol. The Morgan fingerprint density at radius 2 is 1.91 bits per heavy atom. The highest BCUT2D eigenvalue weighted by molar-refractivity contribution is 7.91. The van der Waals surface area contributed by atoms with Crippen LogP contribution in [-0.2, 0) is 21.2 Å². The second-order valence-electron chi connectivity index (χ2n) is 8.86. The smallest absolute Gasteiger partial charge is 0.265 e. The van der Waals surface area contributed by atoms with Crippen LogP contribution in [0.5, 0.6) is 5.75 Å². The quantitative estimate of drug-likeness (QED) is 0.438. The molecule has 3 heterocycles. The molecule has 34 heavy (non-hydrogen) atoms. The van der Waals surface area contributed by atoms with Crippen LogP contribution < -0.4 is 19.7 Å². The third-order valence-electron chi connectivity index (χ3n) is 5.22. The number of pyridine rings is 1. The van der Waals surface area contributed by atoms with Crippen molar-refractivity contribution in [3.63, 3.8) is 0 Å². The van der Waals surface area contributed by atoms with Crippen LogP contribution in [0, 0.1) is 5.92 Å². The summed E-state index contributed by atoms with van der Waals surface area (Å²) >= 11 is 0. The van der Waals surface area contributed by atoms with E-state index < -0.39 is 10.0 Å². The van der Waals surface area contributed by atoms with Gasteiger partial charge in [-0.05, 0) is 29.9 Å². The largest absolute Gasteiger partial charge is 0.480 e. The summed E-state index contributed by atoms with van der Waals surface area (Å²) in [6, 6.07) is 1.54. The number of nitrogens with zero attached hydrogens (tertiary/aromatic N) is 5. The van der Waals surface area contributed by atoms with Crippen molar-refractivity contribution in [2.75, 3.05) is 41.5 Å². The van der Waals surface area contributed by atoms with Crippen molar-refractivity contribution in [2.24, 2.45) is 5.92 Å². The maximum Gasteiger partial charge on any atom is 0.265 e. The summed E-state index contributed by atoms with van der Waals surface area (Å²) in [5.74, 6) is 1.47. The minimum absolute atomic E-state index is 0.0472. The van der Waals surface area contributed by atoms with Gasteiger partial charge in [-0.1, -0.05) is 20.8 Å². The molecule has 2 unspecified atom stereocenters. The second kappa shape index (κ2) is 10.5. The zero-order valence-electron chi connectivity index (χ0n) is 19.9. The highest BCUT2D eigenvalue weighted by atomic mass is 32.2. The maximum atomic E-state index is 11.8. The van der Waals surface area contributed by atoms with E-state index in [1.54, 1.807) is 13.2 Å². The van der Waals surface area contributed by atoms with Crippen molar-refractivity contribution in [3.8, 4) is 5.75 Å². The van der Waals surface area contributed by atoms with Crippen molar-refractivity contribution in [3.05, 3.63) is 23.7 Å². The fourth-order valence-electron chi connectivity index (χ4n) is 3.54. The molecule has 0 bridgehead atoms. The Morgan fingerprint density at radius 3 is 2.56 bits per heavy atom. The molecule has 0 saturated carbocycles. The molecule has 12 nitrogen and oxygen atoms in total. The minimum atomic E-state index is -3.60. The van der Waals surface area contributed by atoms with Crippen molar-refractivity contribution >= 4 is 33.6 Å². The van der Waals surface area contributed by atoms with Crippen LogP contribution in [0.25, 0.3) is 0 Å². The van der Waals surface area contributed by atoms with E-state index in [1.165, 1.54) is 4.90 Å². The molecule has 186 valence electrons. The standard InChI is InChI=1S/C21H31N7O5S/c1-12(2)6-15(10-29)23-20-24-17(25-21(26-20)27-34(5,31)32)7-13(3)14-8-16-19(22-9-14)28(4)18(30)11-33-16/h8-9,12-13,15,29H,6-7,10-11H2,1-5H3,(H2,23,24,25,26,27). The zero-order valence-corrected chi connectivity index (χ0v) is 20.8. The molecular weight excluding hydrogens is 462 g/mol. The Bertz CT molecular complexity index is 1140. The number of anilines is 3. The van der Waals surface area contributed by atoms with Gasteiger partial charge in [-0.15, -0.1) is 0 Å². The molecule has 2 aromatic heterocycles. The van der Waals surface area contributed by atoms with Crippen LogP contribution in [0.1, 0.15) is 44.5 Å². The van der Waals surface area contributed by atoms with Crippen LogP contribution in [0.2, 0.25) is 0 Å². The number of aliphatic hydroxyl groups is 1. The van der Waals surface area contributed by atoms with Gasteiger partial charge >= 0.3 is 0 Å². The minimum Gasteiger partial charge on any atom is -0.480 e. The van der Waals surface area contributed by atoms with Crippen LogP contribution in [0.3, 0.4) is 0 Å². The molecule has 0 radical (unpaired) electrons. The van der Waals surface area contributed by atoms with E-state index in [0.717, 1.165) is 11.8 Å². The third kappa shape index (κ3) is 6.73. The summed E-state index contributed by atoms with van der Waals surface area (Å²) in [7, 11) is -1.96. The zero-order chi connectivity index (χ0) is 25.0. The molecular formula is C21H31N7O5S. The molecule has 1 aliphatic heterocycles. The molecule has 2 aromatic rings. The van der Waals surface area contributed by atoms with Crippen molar-refractivity contribution < 1.29 is 23.1 Å². The number of hydrogen-bond acceptors (Lipinski definition) is 10. The number of carbonyl (C=O) groups excluding carboxylic acids is 1. The molecule has 0 saturated heterocycles. The first-order chi connectivity index (χ1) is 15.9. The molecule has 2 atom stereocenters. The lowest BCUT2D eigenvalue weighted by Gasteiger charge is -2.25. The topological polar surface area (TPSA) is 160 Å². The molecule has 3 N–H and O–H groups in total. The number of fused-ring (bicyclic) bond motifs is 1. The second-order valence-corrected chi connectivity index (χ2v) is 10.6. The molecule has 13 heteroatoms. The van der Waals surface area contributed by atoms with Crippen molar-refractivity contribution in [1.82, 2.24) is 19.9 Å². The van der Waals surface area contributed by atoms with Gasteiger partial charge in [0.15, 0.2) is 18.2 Å². The number of ether oxygens (including phenoxy) is 1. The first-order valence-corrected chi connectivity index (χ1v) is 12.8. The molecule has 0 fully saturated rings. The Morgan fingerprint density at radius 1 is 1.21 bits per heavy atom. The van der Waals surface area contributed by atoms with Gasteiger partial charge in [0.2, 0.25) is 21.9 Å². The van der Waals surface area contributed by atoms with E-state index in [-0.39, 0.29) is 43.0 Å². The summed E-state index contributed by atoms with van der Waals surface area (Å²) in [4.78, 5) is 30.5. The number of likely N-dealkylation sites (N-methyl/N-ethyl adjacent to an activating group) is 1. The van der Waals surface area contributed by atoms with Gasteiger partial charge in [-0.2, -0.15) is 15.0 Å². The van der Waals surface area contributed by atoms with Crippen LogP contribution in [0.15, 0.2) is 12.3 Å². The lowest BCUT2D eigenvalue weighted by Crippen LogP contribution is -2.36. The summed E-state index contributed by atoms with van der Waals surface area (Å²) in [6.07, 6.45) is 3.73. The SMILES string of the molecule is CC(C)CC(CO)Nc1nc(CC(C)c2cnc3c(c2)OCC(=O)N3C)nc(NS(C)(=O)=O)n1. The maximum absolute atomic E-state index is 11.8. The van der Waals surface area contributed by atoms with E-state index in [1.807, 2.05) is 26.8 Å². The summed E-state index contributed by atoms with van der Waals surface area (Å²) in [6.45, 7) is 5.85. The Labute approximate surface area is 199 Å². The van der Waals surface area contributed by atoms with Gasteiger partial charge in [-0.25, -0.2) is 13.4 Å². The van der Waals surface area contributed by atoms with Gasteiger partial charge < -0.3 is 15.2 Å². The van der Waals surface area contributed by atoms with Crippen LogP contribution >= 0.6 is 0 Å². The van der Waals surface area contributed by atoms with Crippen molar-refractivity contribution in [2.45, 2.75) is 45.6 Å². The number of aliphatic hydroxyl groups excluding tert-OH is 1. The summed E-state index contributed by atoms with van der Waals surface area (Å²) in [5.41, 5.74) is 0.849. The van der Waals surface area contributed by atoms with Gasteiger partial charge in [0.05, 0.1) is 18.9 Å². The summed E-state index contributed by atoms with van der Waals surface area (Å²) < 4.78 is 31.3. The molecule has 0 spiro atoms. The number of rotatable bonds is 10. The molecule has 3 rings (SSSR count). The highest BCUT2D eigenvalue weighted by Gasteiger charge is 2.25. The van der Waals surface area contributed by atoms with E-state index in [0.29, 0.717) is 36.2 Å². The fourth-order valence-corrected chi connectivity index (χ4v) is 3.97. The van der Waals surface area contributed by atoms with Gasteiger partial charge in [0.25, 0.3) is 5.91 Å². The third-order valence-corrected chi connectivity index (χ3v) is 5.78. The van der Waals surface area contributed by atoms with E-state index >= 15 is 0 Å². The number of hydrogen-bond donors (Lipinski definition) is 3. The van der Waals surface area contributed by atoms with E-state index in [4.69, 9.17) is 4.74 Å². The number of aromatic nitrogens is 4.